The first-order valence-electron chi connectivity index (χ1n) is 10.3. The molecule has 0 saturated carbocycles. The van der Waals surface area contributed by atoms with Gasteiger partial charge in [0.1, 0.15) is 27.5 Å². The lowest BCUT2D eigenvalue weighted by molar-refractivity contribution is 0.102. The van der Waals surface area contributed by atoms with E-state index in [1.165, 1.54) is 11.3 Å². The second kappa shape index (κ2) is 9.94. The fourth-order valence-corrected chi connectivity index (χ4v) is 4.15. The molecule has 0 atom stereocenters. The maximum absolute atomic E-state index is 12.9. The highest BCUT2D eigenvalue weighted by molar-refractivity contribution is 7.17. The summed E-state index contributed by atoms with van der Waals surface area (Å²) in [7, 11) is 1.61. The zero-order valence-corrected chi connectivity index (χ0v) is 19.0. The van der Waals surface area contributed by atoms with Crippen LogP contribution in [0.5, 0.6) is 5.75 Å². The number of hydrogen-bond donors (Lipinski definition) is 1. The van der Waals surface area contributed by atoms with Crippen LogP contribution in [-0.2, 0) is 0 Å². The molecular weight excluding hydrogens is 430 g/mol. The van der Waals surface area contributed by atoms with Crippen LogP contribution in [0.3, 0.4) is 0 Å². The van der Waals surface area contributed by atoms with Crippen LogP contribution in [0.1, 0.15) is 26.5 Å². The van der Waals surface area contributed by atoms with Crippen LogP contribution < -0.4 is 10.1 Å². The van der Waals surface area contributed by atoms with Crippen LogP contribution >= 0.6 is 11.3 Å². The topological polar surface area (TPSA) is 75.0 Å². The number of nitrogens with one attached hydrogen (secondary N) is 1. The van der Waals surface area contributed by atoms with Crippen molar-refractivity contribution in [2.45, 2.75) is 6.92 Å². The van der Waals surface area contributed by atoms with Crippen LogP contribution in [0.2, 0.25) is 0 Å². The Bertz CT molecular complexity index is 1330. The predicted molar refractivity (Wildman–Crippen MR) is 133 cm³/mol. The first-order valence-corrected chi connectivity index (χ1v) is 11.1. The molecule has 4 rings (SSSR count). The molecule has 0 radical (unpaired) electrons. The van der Waals surface area contributed by atoms with Crippen molar-refractivity contribution >= 4 is 33.9 Å². The normalized spacial score (nSPS) is 11.0. The molecule has 1 amide bonds. The van der Waals surface area contributed by atoms with Gasteiger partial charge in [0, 0.05) is 11.1 Å². The molecule has 1 heterocycles. The molecule has 1 aromatic heterocycles. The van der Waals surface area contributed by atoms with Crippen LogP contribution in [0.15, 0.2) is 78.9 Å². The molecule has 0 saturated heterocycles. The molecule has 0 bridgehead atoms. The van der Waals surface area contributed by atoms with E-state index in [0.29, 0.717) is 26.8 Å². The van der Waals surface area contributed by atoms with E-state index >= 15 is 0 Å². The van der Waals surface area contributed by atoms with Crippen LogP contribution in [0, 0.1) is 18.3 Å². The molecule has 5 nitrogen and oxygen atoms in total. The number of anilines is 1. The van der Waals surface area contributed by atoms with E-state index in [0.717, 1.165) is 22.4 Å². The van der Waals surface area contributed by atoms with Crippen LogP contribution in [0.25, 0.3) is 22.9 Å². The van der Waals surface area contributed by atoms with E-state index in [9.17, 15) is 10.1 Å². The minimum Gasteiger partial charge on any atom is -0.497 e. The lowest BCUT2D eigenvalue weighted by Crippen LogP contribution is -2.11. The zero-order valence-electron chi connectivity index (χ0n) is 18.2. The number of rotatable bonds is 6. The highest BCUT2D eigenvalue weighted by Gasteiger charge is 2.18. The number of amides is 1. The van der Waals surface area contributed by atoms with Crippen molar-refractivity contribution in [1.29, 1.82) is 5.26 Å². The molecule has 162 valence electrons. The highest BCUT2D eigenvalue weighted by atomic mass is 32.1. The minimum atomic E-state index is -0.222. The summed E-state index contributed by atoms with van der Waals surface area (Å²) in [4.78, 5) is 17.6. The number of carbonyl (C=O) groups excluding carboxylic acids is 1. The molecule has 3 aromatic carbocycles. The smallest absolute Gasteiger partial charge is 0.256 e. The number of carbonyl (C=O) groups is 1. The van der Waals surface area contributed by atoms with Gasteiger partial charge in [-0.1, -0.05) is 71.5 Å². The van der Waals surface area contributed by atoms with E-state index < -0.39 is 0 Å². The number of thiazole rings is 1. The molecular formula is C27H21N3O2S. The van der Waals surface area contributed by atoms with E-state index in [4.69, 9.17) is 9.72 Å². The number of nitriles is 1. The third-order valence-electron chi connectivity index (χ3n) is 4.99. The van der Waals surface area contributed by atoms with Gasteiger partial charge in [0.25, 0.3) is 5.91 Å². The van der Waals surface area contributed by atoms with Gasteiger partial charge in [0.2, 0.25) is 0 Å². The molecule has 4 aromatic rings. The molecule has 0 aliphatic heterocycles. The maximum Gasteiger partial charge on any atom is 0.256 e. The average molecular weight is 452 g/mol. The summed E-state index contributed by atoms with van der Waals surface area (Å²) < 4.78 is 5.20. The third kappa shape index (κ3) is 5.17. The standard InChI is InChI=1S/C27H21N3O2S/c1-18-8-12-21(13-9-18)25(31)30-27-24(20-6-4-3-5-7-20)29-26(33-27)22(17-28)16-19-10-14-23(32-2)15-11-19/h3-16H,1-2H3,(H,30,31)/b22-16+. The average Bonchev–Trinajstić information content (AvgIpc) is 3.27. The Labute approximate surface area is 196 Å². The lowest BCUT2D eigenvalue weighted by Gasteiger charge is -2.05. The van der Waals surface area contributed by atoms with Gasteiger partial charge in [-0.25, -0.2) is 4.98 Å². The fourth-order valence-electron chi connectivity index (χ4n) is 3.20. The van der Waals surface area contributed by atoms with Gasteiger partial charge < -0.3 is 10.1 Å². The van der Waals surface area contributed by atoms with Gasteiger partial charge in [0.15, 0.2) is 0 Å². The van der Waals surface area contributed by atoms with Crippen molar-refractivity contribution in [3.8, 4) is 23.1 Å². The van der Waals surface area contributed by atoms with E-state index in [1.807, 2.05) is 73.7 Å². The summed E-state index contributed by atoms with van der Waals surface area (Å²) >= 11 is 1.28. The van der Waals surface area contributed by atoms with Crippen LogP contribution in [-0.4, -0.2) is 18.0 Å². The first-order chi connectivity index (χ1) is 16.1. The third-order valence-corrected chi connectivity index (χ3v) is 6.00. The summed E-state index contributed by atoms with van der Waals surface area (Å²) in [5, 5.41) is 14.0. The van der Waals surface area contributed by atoms with E-state index in [-0.39, 0.29) is 5.91 Å². The quantitative estimate of drug-likeness (QED) is 0.342. The number of aromatic nitrogens is 1. The second-order valence-electron chi connectivity index (χ2n) is 7.33. The van der Waals surface area contributed by atoms with E-state index in [1.54, 1.807) is 25.3 Å². The minimum absolute atomic E-state index is 0.222. The first kappa shape index (κ1) is 22.0. The second-order valence-corrected chi connectivity index (χ2v) is 8.32. The molecule has 33 heavy (non-hydrogen) atoms. The highest BCUT2D eigenvalue weighted by Crippen LogP contribution is 2.36. The number of methoxy groups -OCH3 is 1. The Hall–Kier alpha value is -4.21. The Kier molecular flexibility index (Phi) is 6.63. The Morgan fingerprint density at radius 1 is 1.03 bits per heavy atom. The number of hydrogen-bond acceptors (Lipinski definition) is 5. The molecule has 0 unspecified atom stereocenters. The van der Waals surface area contributed by atoms with E-state index in [2.05, 4.69) is 11.4 Å². The number of nitrogens with zero attached hydrogens (tertiary/aromatic N) is 2. The van der Waals surface area contributed by atoms with Crippen molar-refractivity contribution in [3.05, 3.63) is 101 Å². The van der Waals surface area contributed by atoms with Crippen molar-refractivity contribution < 1.29 is 9.53 Å². The van der Waals surface area contributed by atoms with Gasteiger partial charge in [0.05, 0.1) is 12.7 Å². The van der Waals surface area contributed by atoms with Crippen LogP contribution in [0.4, 0.5) is 5.00 Å². The summed E-state index contributed by atoms with van der Waals surface area (Å²) in [6.07, 6.45) is 1.78. The number of allylic oxidation sites excluding steroid dienone is 1. The number of aryl methyl sites for hydroxylation is 1. The van der Waals surface area contributed by atoms with Gasteiger partial charge in [-0.05, 0) is 42.8 Å². The zero-order chi connectivity index (χ0) is 23.2. The van der Waals surface area contributed by atoms with Gasteiger partial charge >= 0.3 is 0 Å². The summed E-state index contributed by atoms with van der Waals surface area (Å²) in [6, 6.07) is 26.7. The van der Waals surface area contributed by atoms with Gasteiger partial charge in [-0.15, -0.1) is 0 Å². The Morgan fingerprint density at radius 3 is 2.36 bits per heavy atom. The summed E-state index contributed by atoms with van der Waals surface area (Å²) in [6.45, 7) is 1.98. The van der Waals surface area contributed by atoms with Gasteiger partial charge in [-0.3, -0.25) is 4.79 Å². The molecule has 0 fully saturated rings. The molecule has 0 aliphatic rings. The summed E-state index contributed by atoms with van der Waals surface area (Å²) in [5.41, 5.74) is 4.41. The van der Waals surface area contributed by atoms with Crippen molar-refractivity contribution in [3.63, 3.8) is 0 Å². The van der Waals surface area contributed by atoms with Crippen molar-refractivity contribution in [2.75, 3.05) is 12.4 Å². The molecule has 6 heteroatoms. The maximum atomic E-state index is 12.9. The van der Waals surface area contributed by atoms with Gasteiger partial charge in [-0.2, -0.15) is 5.26 Å². The molecule has 0 aliphatic carbocycles. The monoisotopic (exact) mass is 451 g/mol. The Balaban J connectivity index is 1.72. The SMILES string of the molecule is COc1ccc(/C=C(\C#N)c2nc(-c3ccccc3)c(NC(=O)c3ccc(C)cc3)s2)cc1. The molecule has 0 spiro atoms. The predicted octanol–water partition coefficient (Wildman–Crippen LogP) is 6.44. The van der Waals surface area contributed by atoms with Crippen molar-refractivity contribution in [2.24, 2.45) is 0 Å². The molecule has 1 N–H and O–H groups in total. The largest absolute Gasteiger partial charge is 0.497 e. The summed E-state index contributed by atoms with van der Waals surface area (Å²) in [5.74, 6) is 0.521. The van der Waals surface area contributed by atoms with Crippen molar-refractivity contribution in [1.82, 2.24) is 4.98 Å². The number of ether oxygens (including phenoxy) is 1. The number of benzene rings is 3. The lowest BCUT2D eigenvalue weighted by atomic mass is 10.1. The fraction of sp³-hybridized carbons (Fsp3) is 0.0741. The Morgan fingerprint density at radius 2 is 1.73 bits per heavy atom.